The average Bonchev–Trinajstić information content (AvgIpc) is 3.04. The van der Waals surface area contributed by atoms with Gasteiger partial charge < -0.3 is 10.1 Å². The van der Waals surface area contributed by atoms with E-state index in [2.05, 4.69) is 58.7 Å². The van der Waals surface area contributed by atoms with E-state index in [1.165, 1.54) is 22.3 Å². The molecular formula is C20H24N2O. The molecule has 1 N–H and O–H groups in total. The quantitative estimate of drug-likeness (QED) is 0.940. The molecule has 2 aliphatic heterocycles. The summed E-state index contributed by atoms with van der Waals surface area (Å²) in [6.07, 6.45) is 1.31. The zero-order valence-electron chi connectivity index (χ0n) is 13.5. The highest BCUT2D eigenvalue weighted by molar-refractivity contribution is 5.34. The van der Waals surface area contributed by atoms with E-state index in [0.717, 1.165) is 45.8 Å². The summed E-state index contributed by atoms with van der Waals surface area (Å²) in [6.45, 7) is 5.95. The molecule has 3 heteroatoms. The Morgan fingerprint density at radius 3 is 2.78 bits per heavy atom. The Morgan fingerprint density at radius 2 is 1.87 bits per heavy atom. The van der Waals surface area contributed by atoms with Gasteiger partial charge in [0.25, 0.3) is 0 Å². The first kappa shape index (κ1) is 14.9. The Kier molecular flexibility index (Phi) is 4.42. The number of nitrogens with one attached hydrogen (secondary N) is 1. The second kappa shape index (κ2) is 6.83. The lowest BCUT2D eigenvalue weighted by Crippen LogP contribution is -2.42. The number of hydrogen-bond donors (Lipinski definition) is 1. The van der Waals surface area contributed by atoms with E-state index in [4.69, 9.17) is 4.74 Å². The van der Waals surface area contributed by atoms with E-state index in [0.29, 0.717) is 6.10 Å². The number of rotatable bonds is 4. The molecule has 2 aliphatic rings. The molecule has 4 rings (SSSR count). The Balaban J connectivity index is 1.37. The van der Waals surface area contributed by atoms with Crippen LogP contribution >= 0.6 is 0 Å². The zero-order valence-corrected chi connectivity index (χ0v) is 13.5. The van der Waals surface area contributed by atoms with Crippen LogP contribution in [0.25, 0.3) is 0 Å². The normalized spacial score (nSPS) is 21.3. The number of nitrogens with zero attached hydrogens (tertiary/aromatic N) is 1. The monoisotopic (exact) mass is 308 g/mol. The predicted molar refractivity (Wildman–Crippen MR) is 92.1 cm³/mol. The molecule has 1 unspecified atom stereocenters. The largest absolute Gasteiger partial charge is 0.375 e. The summed E-state index contributed by atoms with van der Waals surface area (Å²) in [6, 6.07) is 17.6. The van der Waals surface area contributed by atoms with E-state index >= 15 is 0 Å². The lowest BCUT2D eigenvalue weighted by atomic mass is 10.0. The lowest BCUT2D eigenvalue weighted by molar-refractivity contribution is -0.0305. The maximum Gasteiger partial charge on any atom is 0.0743 e. The Labute approximate surface area is 138 Å². The van der Waals surface area contributed by atoms with Crippen LogP contribution in [0.15, 0.2) is 48.5 Å². The minimum Gasteiger partial charge on any atom is -0.375 e. The minimum atomic E-state index is 0.308. The summed E-state index contributed by atoms with van der Waals surface area (Å²) in [5.74, 6) is 0. The predicted octanol–water partition coefficient (Wildman–Crippen LogP) is 2.73. The highest BCUT2D eigenvalue weighted by atomic mass is 16.5. The molecule has 0 aliphatic carbocycles. The van der Waals surface area contributed by atoms with Gasteiger partial charge in [-0.15, -0.1) is 0 Å². The molecule has 1 fully saturated rings. The number of ether oxygens (including phenoxy) is 1. The molecule has 2 heterocycles. The molecule has 1 saturated heterocycles. The number of benzene rings is 2. The topological polar surface area (TPSA) is 24.5 Å². The molecule has 1 atom stereocenters. The molecule has 0 bridgehead atoms. The number of hydrogen-bond acceptors (Lipinski definition) is 3. The first-order valence-corrected chi connectivity index (χ1v) is 8.56. The minimum absolute atomic E-state index is 0.308. The first-order valence-electron chi connectivity index (χ1n) is 8.56. The van der Waals surface area contributed by atoms with Gasteiger partial charge in [-0.1, -0.05) is 48.5 Å². The average molecular weight is 308 g/mol. The van der Waals surface area contributed by atoms with Crippen LogP contribution in [0, 0.1) is 0 Å². The smallest absolute Gasteiger partial charge is 0.0743 e. The third-order valence-corrected chi connectivity index (χ3v) is 4.84. The number of morpholine rings is 1. The standard InChI is InChI=1S/C20H24N2O/c1-2-4-16(5-3-1)11-20-15-22(8-9-23-20)14-17-6-7-18-12-21-13-19(18)10-17/h1-7,10,20-21H,8-9,11-15H2. The summed E-state index contributed by atoms with van der Waals surface area (Å²) in [5, 5.41) is 3.42. The van der Waals surface area contributed by atoms with Crippen molar-refractivity contribution in [3.63, 3.8) is 0 Å². The third kappa shape index (κ3) is 3.63. The molecule has 2 aromatic rings. The molecule has 23 heavy (non-hydrogen) atoms. The van der Waals surface area contributed by atoms with Gasteiger partial charge >= 0.3 is 0 Å². The Bertz CT molecular complexity index is 656. The Morgan fingerprint density at radius 1 is 1.00 bits per heavy atom. The molecule has 0 amide bonds. The maximum atomic E-state index is 5.97. The van der Waals surface area contributed by atoms with Gasteiger partial charge in [0.2, 0.25) is 0 Å². The van der Waals surface area contributed by atoms with Gasteiger partial charge in [-0.2, -0.15) is 0 Å². The van der Waals surface area contributed by atoms with Crippen molar-refractivity contribution in [2.24, 2.45) is 0 Å². The third-order valence-electron chi connectivity index (χ3n) is 4.84. The fourth-order valence-corrected chi connectivity index (χ4v) is 3.63. The molecular weight excluding hydrogens is 284 g/mol. The van der Waals surface area contributed by atoms with Gasteiger partial charge in [0, 0.05) is 32.7 Å². The first-order chi connectivity index (χ1) is 11.4. The summed E-state index contributed by atoms with van der Waals surface area (Å²) in [7, 11) is 0. The fourth-order valence-electron chi connectivity index (χ4n) is 3.63. The summed E-state index contributed by atoms with van der Waals surface area (Å²) in [4.78, 5) is 2.53. The maximum absolute atomic E-state index is 5.97. The van der Waals surface area contributed by atoms with Crippen LogP contribution in [0.3, 0.4) is 0 Å². The van der Waals surface area contributed by atoms with Crippen molar-refractivity contribution in [3.8, 4) is 0 Å². The van der Waals surface area contributed by atoms with Gasteiger partial charge in [-0.05, 0) is 28.7 Å². The summed E-state index contributed by atoms with van der Waals surface area (Å²) in [5.41, 5.74) is 5.71. The van der Waals surface area contributed by atoms with Crippen molar-refractivity contribution in [2.75, 3.05) is 19.7 Å². The lowest BCUT2D eigenvalue weighted by Gasteiger charge is -2.33. The van der Waals surface area contributed by atoms with Crippen molar-refractivity contribution in [2.45, 2.75) is 32.2 Å². The molecule has 0 radical (unpaired) electrons. The van der Waals surface area contributed by atoms with Crippen LogP contribution < -0.4 is 5.32 Å². The zero-order chi connectivity index (χ0) is 15.5. The van der Waals surface area contributed by atoms with Gasteiger partial charge in [-0.25, -0.2) is 0 Å². The van der Waals surface area contributed by atoms with E-state index in [1.807, 2.05) is 0 Å². The van der Waals surface area contributed by atoms with E-state index in [9.17, 15) is 0 Å². The Hall–Kier alpha value is -1.68. The van der Waals surface area contributed by atoms with Crippen LogP contribution in [0.1, 0.15) is 22.3 Å². The molecule has 0 spiro atoms. The molecule has 2 aromatic carbocycles. The summed E-state index contributed by atoms with van der Waals surface area (Å²) >= 11 is 0. The number of fused-ring (bicyclic) bond motifs is 1. The van der Waals surface area contributed by atoms with Crippen molar-refractivity contribution in [3.05, 3.63) is 70.8 Å². The summed E-state index contributed by atoms with van der Waals surface area (Å²) < 4.78 is 5.97. The van der Waals surface area contributed by atoms with Gasteiger partial charge in [-0.3, -0.25) is 4.90 Å². The van der Waals surface area contributed by atoms with Gasteiger partial charge in [0.15, 0.2) is 0 Å². The van der Waals surface area contributed by atoms with E-state index in [1.54, 1.807) is 0 Å². The van der Waals surface area contributed by atoms with Crippen LogP contribution in [-0.4, -0.2) is 30.7 Å². The second-order valence-electron chi connectivity index (χ2n) is 6.62. The highest BCUT2D eigenvalue weighted by Crippen LogP contribution is 2.19. The highest BCUT2D eigenvalue weighted by Gasteiger charge is 2.21. The van der Waals surface area contributed by atoms with Crippen molar-refractivity contribution in [1.29, 1.82) is 0 Å². The SMILES string of the molecule is c1ccc(CC2CN(Cc3ccc4c(c3)CNC4)CCO2)cc1. The van der Waals surface area contributed by atoms with Crippen LogP contribution in [-0.2, 0) is 30.8 Å². The van der Waals surface area contributed by atoms with Crippen molar-refractivity contribution < 1.29 is 4.74 Å². The molecule has 120 valence electrons. The van der Waals surface area contributed by atoms with E-state index in [-0.39, 0.29) is 0 Å². The van der Waals surface area contributed by atoms with Crippen LogP contribution in [0.2, 0.25) is 0 Å². The van der Waals surface area contributed by atoms with Crippen molar-refractivity contribution >= 4 is 0 Å². The van der Waals surface area contributed by atoms with Gasteiger partial charge in [0.1, 0.15) is 0 Å². The van der Waals surface area contributed by atoms with Crippen LogP contribution in [0.4, 0.5) is 0 Å². The molecule has 0 saturated carbocycles. The molecule has 0 aromatic heterocycles. The van der Waals surface area contributed by atoms with Gasteiger partial charge in [0.05, 0.1) is 12.7 Å². The van der Waals surface area contributed by atoms with Crippen LogP contribution in [0.5, 0.6) is 0 Å². The second-order valence-corrected chi connectivity index (χ2v) is 6.62. The molecule has 3 nitrogen and oxygen atoms in total. The fraction of sp³-hybridized carbons (Fsp3) is 0.400. The van der Waals surface area contributed by atoms with Crippen molar-refractivity contribution in [1.82, 2.24) is 10.2 Å². The van der Waals surface area contributed by atoms with E-state index < -0.39 is 0 Å².